The molecule has 3 N–H and O–H groups in total. The van der Waals surface area contributed by atoms with Crippen LogP contribution in [0.1, 0.15) is 42.9 Å². The first-order chi connectivity index (χ1) is 15.6. The SMILES string of the molecule is N=C(C(c1ccc(OCc2ccc3ccccc3n2)cc1)C1CCCC1)N(O)C(=O)CO. The molecule has 2 aromatic carbocycles. The third-order valence-corrected chi connectivity index (χ3v) is 6.05. The highest BCUT2D eigenvalue weighted by molar-refractivity contribution is 5.99. The quantitative estimate of drug-likeness (QED) is 0.223. The Morgan fingerprint density at radius 1 is 1.09 bits per heavy atom. The summed E-state index contributed by atoms with van der Waals surface area (Å²) < 4.78 is 5.90. The van der Waals surface area contributed by atoms with Crippen LogP contribution < -0.4 is 4.74 Å². The van der Waals surface area contributed by atoms with Gasteiger partial charge in [0.2, 0.25) is 0 Å². The van der Waals surface area contributed by atoms with Gasteiger partial charge in [0.25, 0.3) is 5.91 Å². The van der Waals surface area contributed by atoms with Gasteiger partial charge in [0.15, 0.2) is 0 Å². The normalized spacial score (nSPS) is 14.9. The van der Waals surface area contributed by atoms with Crippen molar-refractivity contribution >= 4 is 22.6 Å². The van der Waals surface area contributed by atoms with Crippen LogP contribution in [0.3, 0.4) is 0 Å². The van der Waals surface area contributed by atoms with E-state index in [4.69, 9.17) is 15.3 Å². The van der Waals surface area contributed by atoms with Gasteiger partial charge in [0, 0.05) is 11.3 Å². The summed E-state index contributed by atoms with van der Waals surface area (Å²) in [6.45, 7) is -0.507. The van der Waals surface area contributed by atoms with E-state index >= 15 is 0 Å². The van der Waals surface area contributed by atoms with Gasteiger partial charge in [-0.3, -0.25) is 15.4 Å². The maximum atomic E-state index is 11.7. The largest absolute Gasteiger partial charge is 0.487 e. The molecule has 4 rings (SSSR count). The minimum atomic E-state index is -0.902. The van der Waals surface area contributed by atoms with Crippen molar-refractivity contribution in [1.82, 2.24) is 10.0 Å². The topological polar surface area (TPSA) is 107 Å². The highest BCUT2D eigenvalue weighted by Crippen LogP contribution is 2.39. The molecule has 1 aliphatic carbocycles. The third kappa shape index (κ3) is 4.79. The van der Waals surface area contributed by atoms with Crippen LogP contribution in [0.4, 0.5) is 0 Å². The second-order valence-corrected chi connectivity index (χ2v) is 8.12. The van der Waals surface area contributed by atoms with Gasteiger partial charge >= 0.3 is 0 Å². The molecule has 0 radical (unpaired) electrons. The van der Waals surface area contributed by atoms with Crippen molar-refractivity contribution in [1.29, 1.82) is 5.41 Å². The maximum absolute atomic E-state index is 11.7. The minimum absolute atomic E-state index is 0.164. The summed E-state index contributed by atoms with van der Waals surface area (Å²) in [4.78, 5) is 16.3. The fourth-order valence-electron chi connectivity index (χ4n) is 4.39. The number of carbonyl (C=O) groups is 1. The third-order valence-electron chi connectivity index (χ3n) is 6.05. The number of hydrogen-bond donors (Lipinski definition) is 3. The van der Waals surface area contributed by atoms with Crippen LogP contribution in [0, 0.1) is 11.3 Å². The van der Waals surface area contributed by atoms with Crippen molar-refractivity contribution in [3.8, 4) is 5.75 Å². The van der Waals surface area contributed by atoms with Crippen LogP contribution in [0.2, 0.25) is 0 Å². The van der Waals surface area contributed by atoms with Gasteiger partial charge in [-0.05, 0) is 48.6 Å². The number of aliphatic hydroxyl groups is 1. The Bertz CT molecular complexity index is 1090. The van der Waals surface area contributed by atoms with Gasteiger partial charge < -0.3 is 9.84 Å². The van der Waals surface area contributed by atoms with E-state index in [1.54, 1.807) is 0 Å². The van der Waals surface area contributed by atoms with Crippen LogP contribution in [0.5, 0.6) is 5.75 Å². The first-order valence-electron chi connectivity index (χ1n) is 10.9. The van der Waals surface area contributed by atoms with E-state index < -0.39 is 18.4 Å². The maximum Gasteiger partial charge on any atom is 0.277 e. The van der Waals surface area contributed by atoms with Crippen molar-refractivity contribution in [2.45, 2.75) is 38.2 Å². The molecule has 166 valence electrons. The van der Waals surface area contributed by atoms with E-state index in [1.807, 2.05) is 60.7 Å². The molecule has 1 aromatic heterocycles. The number of para-hydroxylation sites is 1. The Hall–Kier alpha value is -3.29. The number of nitrogens with one attached hydrogen (secondary N) is 1. The molecule has 7 heteroatoms. The minimum Gasteiger partial charge on any atom is -0.487 e. The van der Waals surface area contributed by atoms with Crippen LogP contribution in [-0.2, 0) is 11.4 Å². The summed E-state index contributed by atoms with van der Waals surface area (Å²) in [5.41, 5.74) is 2.59. The Kier molecular flexibility index (Phi) is 6.78. The van der Waals surface area contributed by atoms with E-state index in [1.165, 1.54) is 0 Å². The smallest absolute Gasteiger partial charge is 0.277 e. The van der Waals surface area contributed by atoms with Crippen molar-refractivity contribution in [2.75, 3.05) is 6.61 Å². The lowest BCUT2D eigenvalue weighted by molar-refractivity contribution is -0.153. The van der Waals surface area contributed by atoms with E-state index in [0.717, 1.165) is 47.8 Å². The zero-order valence-corrected chi connectivity index (χ0v) is 17.8. The average Bonchev–Trinajstić information content (AvgIpc) is 3.37. The van der Waals surface area contributed by atoms with Gasteiger partial charge in [-0.15, -0.1) is 0 Å². The fourth-order valence-corrected chi connectivity index (χ4v) is 4.39. The molecule has 0 spiro atoms. The molecule has 0 bridgehead atoms. The molecule has 1 unspecified atom stereocenters. The lowest BCUT2D eigenvalue weighted by Crippen LogP contribution is -2.40. The summed E-state index contributed by atoms with van der Waals surface area (Å²) in [6, 6.07) is 19.3. The number of fused-ring (bicyclic) bond motifs is 1. The molecule has 0 saturated heterocycles. The molecule has 1 amide bonds. The zero-order chi connectivity index (χ0) is 22.5. The summed E-state index contributed by atoms with van der Waals surface area (Å²) in [5, 5.41) is 28.9. The number of benzene rings is 2. The highest BCUT2D eigenvalue weighted by Gasteiger charge is 2.33. The molecule has 3 aromatic rings. The molecule has 1 fully saturated rings. The number of aliphatic hydroxyl groups excluding tert-OH is 1. The molecule has 1 aliphatic rings. The van der Waals surface area contributed by atoms with E-state index in [2.05, 4.69) is 4.98 Å². The Balaban J connectivity index is 1.48. The van der Waals surface area contributed by atoms with Crippen molar-refractivity contribution in [3.63, 3.8) is 0 Å². The van der Waals surface area contributed by atoms with Gasteiger partial charge in [-0.1, -0.05) is 49.2 Å². The second kappa shape index (κ2) is 9.89. The zero-order valence-electron chi connectivity index (χ0n) is 17.8. The summed E-state index contributed by atoms with van der Waals surface area (Å²) >= 11 is 0. The number of amidine groups is 1. The van der Waals surface area contributed by atoms with Gasteiger partial charge in [0.1, 0.15) is 24.8 Å². The standard InChI is InChI=1S/C25H27N3O4/c26-25(28(31)23(30)15-29)24(18-6-1-2-7-18)19-10-13-21(14-11-19)32-16-20-12-9-17-5-3-4-8-22(17)27-20/h3-5,8-14,18,24,26,29,31H,1-2,6-7,15-16H2. The lowest BCUT2D eigenvalue weighted by atomic mass is 9.83. The second-order valence-electron chi connectivity index (χ2n) is 8.12. The molecular formula is C25H27N3O4. The first kappa shape index (κ1) is 21.9. The Morgan fingerprint density at radius 3 is 2.53 bits per heavy atom. The summed E-state index contributed by atoms with van der Waals surface area (Å²) in [7, 11) is 0. The number of nitrogens with zero attached hydrogens (tertiary/aromatic N) is 2. The number of aromatic nitrogens is 1. The van der Waals surface area contributed by atoms with Crippen LogP contribution >= 0.6 is 0 Å². The van der Waals surface area contributed by atoms with E-state index in [-0.39, 0.29) is 16.8 Å². The average molecular weight is 434 g/mol. The van der Waals surface area contributed by atoms with Crippen molar-refractivity contribution in [2.24, 2.45) is 5.92 Å². The lowest BCUT2D eigenvalue weighted by Gasteiger charge is -2.28. The predicted octanol–water partition coefficient (Wildman–Crippen LogP) is 4.27. The predicted molar refractivity (Wildman–Crippen MR) is 121 cm³/mol. The molecule has 0 aliphatic heterocycles. The molecule has 1 atom stereocenters. The Morgan fingerprint density at radius 2 is 1.81 bits per heavy atom. The highest BCUT2D eigenvalue weighted by atomic mass is 16.5. The van der Waals surface area contributed by atoms with Gasteiger partial charge in [-0.25, -0.2) is 4.98 Å². The molecule has 7 nitrogen and oxygen atoms in total. The van der Waals surface area contributed by atoms with Gasteiger partial charge in [-0.2, -0.15) is 5.06 Å². The Labute approximate surface area is 186 Å². The van der Waals surface area contributed by atoms with Crippen molar-refractivity contribution < 1.29 is 19.8 Å². The number of hydrogen-bond acceptors (Lipinski definition) is 6. The number of rotatable bonds is 7. The number of carbonyl (C=O) groups excluding carboxylic acids is 1. The monoisotopic (exact) mass is 433 g/mol. The van der Waals surface area contributed by atoms with Crippen LogP contribution in [0.25, 0.3) is 10.9 Å². The van der Waals surface area contributed by atoms with E-state index in [0.29, 0.717) is 12.4 Å². The number of pyridine rings is 1. The number of ether oxygens (including phenoxy) is 1. The first-order valence-corrected chi connectivity index (χ1v) is 10.9. The molecular weight excluding hydrogens is 406 g/mol. The number of amides is 1. The fraction of sp³-hybridized carbons (Fsp3) is 0.320. The number of hydroxylamine groups is 2. The summed E-state index contributed by atoms with van der Waals surface area (Å²) in [6.07, 6.45) is 3.99. The van der Waals surface area contributed by atoms with E-state index in [9.17, 15) is 10.0 Å². The molecule has 1 saturated carbocycles. The van der Waals surface area contributed by atoms with Crippen molar-refractivity contribution in [3.05, 3.63) is 71.9 Å². The molecule has 1 heterocycles. The van der Waals surface area contributed by atoms with Gasteiger partial charge in [0.05, 0.1) is 11.2 Å². The summed E-state index contributed by atoms with van der Waals surface area (Å²) in [5.74, 6) is -0.690. The molecule has 32 heavy (non-hydrogen) atoms. The van der Waals surface area contributed by atoms with Crippen LogP contribution in [-0.4, -0.2) is 38.7 Å². The van der Waals surface area contributed by atoms with Crippen LogP contribution in [0.15, 0.2) is 60.7 Å².